The Bertz CT molecular complexity index is 532. The highest BCUT2D eigenvalue weighted by molar-refractivity contribution is 5.86. The number of hydrogen-bond acceptors (Lipinski definition) is 5. The summed E-state index contributed by atoms with van der Waals surface area (Å²) in [6.07, 6.45) is -2.50. The van der Waals surface area contributed by atoms with Gasteiger partial charge >= 0.3 is 23.8 Å². The second-order valence-corrected chi connectivity index (χ2v) is 6.52. The van der Waals surface area contributed by atoms with E-state index in [4.69, 9.17) is 4.74 Å². The average molecular weight is 340 g/mol. The number of carbonyl (C=O) groups is 2. The highest BCUT2D eigenvalue weighted by Crippen LogP contribution is 2.58. The SMILES string of the molecule is CC(F)(F)C(F)(F)CCOC(=O)C1C2CC3C(OC(=O)C31)C2O. The molecule has 1 saturated heterocycles. The van der Waals surface area contributed by atoms with E-state index < -0.39 is 66.8 Å². The van der Waals surface area contributed by atoms with Crippen LogP contribution in [0, 0.1) is 23.7 Å². The van der Waals surface area contributed by atoms with Crippen LogP contribution in [0.25, 0.3) is 0 Å². The number of ether oxygens (including phenoxy) is 2. The lowest BCUT2D eigenvalue weighted by molar-refractivity contribution is -0.207. The Labute approximate surface area is 128 Å². The summed E-state index contributed by atoms with van der Waals surface area (Å²) < 4.78 is 61.3. The van der Waals surface area contributed by atoms with Crippen LogP contribution in [-0.4, -0.2) is 47.7 Å². The molecular formula is C14H16F4O5. The summed E-state index contributed by atoms with van der Waals surface area (Å²) in [5.74, 6) is -12.5. The van der Waals surface area contributed by atoms with E-state index >= 15 is 0 Å². The van der Waals surface area contributed by atoms with E-state index in [2.05, 4.69) is 4.74 Å². The molecule has 1 heterocycles. The molecule has 1 N–H and O–H groups in total. The number of rotatable bonds is 5. The zero-order valence-electron chi connectivity index (χ0n) is 12.2. The minimum atomic E-state index is -4.29. The van der Waals surface area contributed by atoms with Crippen molar-refractivity contribution in [3.63, 3.8) is 0 Å². The van der Waals surface area contributed by atoms with Gasteiger partial charge in [0.2, 0.25) is 0 Å². The normalized spacial score (nSPS) is 38.8. The Morgan fingerprint density at radius 3 is 2.61 bits per heavy atom. The van der Waals surface area contributed by atoms with Crippen LogP contribution in [0.4, 0.5) is 17.6 Å². The topological polar surface area (TPSA) is 72.8 Å². The number of alkyl halides is 4. The number of aliphatic hydroxyl groups excluding tert-OH is 1. The molecule has 130 valence electrons. The summed E-state index contributed by atoms with van der Waals surface area (Å²) in [7, 11) is 0. The molecule has 0 radical (unpaired) electrons. The molecule has 3 fully saturated rings. The fraction of sp³-hybridized carbons (Fsp3) is 0.857. The van der Waals surface area contributed by atoms with Crippen LogP contribution >= 0.6 is 0 Å². The third kappa shape index (κ3) is 2.40. The van der Waals surface area contributed by atoms with E-state index in [1.165, 1.54) is 0 Å². The van der Waals surface area contributed by atoms with Gasteiger partial charge in [0.1, 0.15) is 6.10 Å². The fourth-order valence-corrected chi connectivity index (χ4v) is 3.94. The van der Waals surface area contributed by atoms with E-state index in [0.29, 0.717) is 6.42 Å². The number of esters is 2. The van der Waals surface area contributed by atoms with Crippen LogP contribution < -0.4 is 0 Å². The van der Waals surface area contributed by atoms with Gasteiger partial charge in [-0.25, -0.2) is 8.78 Å². The molecule has 2 saturated carbocycles. The van der Waals surface area contributed by atoms with E-state index in [1.807, 2.05) is 0 Å². The van der Waals surface area contributed by atoms with Crippen molar-refractivity contribution in [3.8, 4) is 0 Å². The molecule has 6 atom stereocenters. The largest absolute Gasteiger partial charge is 0.465 e. The summed E-state index contributed by atoms with van der Waals surface area (Å²) in [6, 6.07) is 0. The first-order valence-corrected chi connectivity index (χ1v) is 7.35. The first-order valence-electron chi connectivity index (χ1n) is 7.35. The number of hydrogen-bond donors (Lipinski definition) is 1. The Hall–Kier alpha value is -1.38. The van der Waals surface area contributed by atoms with E-state index in [9.17, 15) is 32.3 Å². The standard InChI is InChI=1S/C14H16F4O5/c1-13(15,16)14(17,18)2-3-22-11(20)7-5-4-6-8(7)12(21)23-10(6)9(5)19/h5-10,19H,2-4H2,1H3. The van der Waals surface area contributed by atoms with Gasteiger partial charge in [-0.1, -0.05) is 0 Å². The second kappa shape index (κ2) is 5.06. The Morgan fingerprint density at radius 1 is 1.35 bits per heavy atom. The van der Waals surface area contributed by atoms with Gasteiger partial charge in [-0.15, -0.1) is 0 Å². The summed E-state index contributed by atoms with van der Waals surface area (Å²) in [6.45, 7) is -0.791. The molecule has 9 heteroatoms. The molecule has 23 heavy (non-hydrogen) atoms. The Kier molecular flexibility index (Phi) is 3.62. The van der Waals surface area contributed by atoms with Gasteiger partial charge < -0.3 is 14.6 Å². The summed E-state index contributed by atoms with van der Waals surface area (Å²) in [5, 5.41) is 10.0. The maximum Gasteiger partial charge on any atom is 0.313 e. The Morgan fingerprint density at radius 2 is 2.00 bits per heavy atom. The lowest BCUT2D eigenvalue weighted by Crippen LogP contribution is -2.42. The van der Waals surface area contributed by atoms with Crippen molar-refractivity contribution in [2.45, 2.75) is 43.8 Å². The molecule has 0 amide bonds. The molecule has 0 aromatic rings. The maximum absolute atomic E-state index is 13.1. The zero-order valence-corrected chi connectivity index (χ0v) is 12.2. The monoisotopic (exact) mass is 340 g/mol. The minimum Gasteiger partial charge on any atom is -0.465 e. The highest BCUT2D eigenvalue weighted by Gasteiger charge is 2.68. The molecule has 3 aliphatic rings. The number of carbonyl (C=O) groups excluding carboxylic acids is 2. The predicted octanol–water partition coefficient (Wildman–Crippen LogP) is 1.38. The third-order valence-corrected chi connectivity index (χ3v) is 5.15. The maximum atomic E-state index is 13.1. The lowest BCUT2D eigenvalue weighted by Gasteiger charge is -2.27. The Balaban J connectivity index is 1.61. The van der Waals surface area contributed by atoms with Crippen molar-refractivity contribution in [2.75, 3.05) is 6.61 Å². The first-order chi connectivity index (χ1) is 10.5. The quantitative estimate of drug-likeness (QED) is 0.605. The van der Waals surface area contributed by atoms with Crippen LogP contribution in [-0.2, 0) is 19.1 Å². The smallest absolute Gasteiger partial charge is 0.313 e. The van der Waals surface area contributed by atoms with Crippen molar-refractivity contribution in [2.24, 2.45) is 23.7 Å². The zero-order chi connectivity index (χ0) is 17.2. The molecule has 0 aromatic heterocycles. The van der Waals surface area contributed by atoms with E-state index in [-0.39, 0.29) is 12.8 Å². The molecule has 0 aromatic carbocycles. The van der Waals surface area contributed by atoms with Crippen molar-refractivity contribution >= 4 is 11.9 Å². The number of aliphatic hydroxyl groups is 1. The molecule has 5 nitrogen and oxygen atoms in total. The second-order valence-electron chi connectivity index (χ2n) is 6.52. The molecular weight excluding hydrogens is 324 g/mol. The van der Waals surface area contributed by atoms with Gasteiger partial charge in [0.25, 0.3) is 0 Å². The van der Waals surface area contributed by atoms with Crippen molar-refractivity contribution in [1.29, 1.82) is 0 Å². The third-order valence-electron chi connectivity index (χ3n) is 5.15. The van der Waals surface area contributed by atoms with Gasteiger partial charge in [0.05, 0.1) is 31.0 Å². The summed E-state index contributed by atoms with van der Waals surface area (Å²) in [5.41, 5.74) is 0. The number of fused-ring (bicyclic) bond motifs is 1. The van der Waals surface area contributed by atoms with Crippen LogP contribution in [0.1, 0.15) is 19.8 Å². The molecule has 2 aliphatic carbocycles. The first kappa shape index (κ1) is 16.5. The van der Waals surface area contributed by atoms with Gasteiger partial charge in [0.15, 0.2) is 0 Å². The molecule has 3 rings (SSSR count). The van der Waals surface area contributed by atoms with Gasteiger partial charge in [0, 0.05) is 18.8 Å². The summed E-state index contributed by atoms with van der Waals surface area (Å²) in [4.78, 5) is 23.8. The van der Waals surface area contributed by atoms with Crippen LogP contribution in [0.2, 0.25) is 0 Å². The lowest BCUT2D eigenvalue weighted by atomic mass is 9.78. The van der Waals surface area contributed by atoms with Crippen molar-refractivity contribution in [3.05, 3.63) is 0 Å². The average Bonchev–Trinajstić information content (AvgIpc) is 3.01. The van der Waals surface area contributed by atoms with Gasteiger partial charge in [-0.3, -0.25) is 9.59 Å². The van der Waals surface area contributed by atoms with E-state index in [1.54, 1.807) is 0 Å². The van der Waals surface area contributed by atoms with Gasteiger partial charge in [-0.2, -0.15) is 8.78 Å². The molecule has 0 spiro atoms. The van der Waals surface area contributed by atoms with Crippen LogP contribution in [0.3, 0.4) is 0 Å². The van der Waals surface area contributed by atoms with Gasteiger partial charge in [-0.05, 0) is 6.42 Å². The highest BCUT2D eigenvalue weighted by atomic mass is 19.3. The predicted molar refractivity (Wildman–Crippen MR) is 65.6 cm³/mol. The van der Waals surface area contributed by atoms with E-state index in [0.717, 1.165) is 0 Å². The fourth-order valence-electron chi connectivity index (χ4n) is 3.94. The van der Waals surface area contributed by atoms with Crippen molar-refractivity contribution < 1.29 is 41.7 Å². The number of halogens is 4. The van der Waals surface area contributed by atoms with Crippen LogP contribution in [0.15, 0.2) is 0 Å². The molecule has 1 aliphatic heterocycles. The van der Waals surface area contributed by atoms with Crippen LogP contribution in [0.5, 0.6) is 0 Å². The molecule has 2 bridgehead atoms. The minimum absolute atomic E-state index is 0.0930. The van der Waals surface area contributed by atoms with Crippen molar-refractivity contribution in [1.82, 2.24) is 0 Å². The molecule has 6 unspecified atom stereocenters. The summed E-state index contributed by atoms with van der Waals surface area (Å²) >= 11 is 0.